The van der Waals surface area contributed by atoms with Crippen molar-refractivity contribution in [3.05, 3.63) is 39.3 Å². The summed E-state index contributed by atoms with van der Waals surface area (Å²) in [5.41, 5.74) is -2.38. The molecule has 0 aromatic heterocycles. The number of nitrogens with zero attached hydrogens (tertiary/aromatic N) is 1. The molecule has 1 aliphatic rings. The van der Waals surface area contributed by atoms with Crippen molar-refractivity contribution in [2.75, 3.05) is 32.5 Å². The summed E-state index contributed by atoms with van der Waals surface area (Å²) in [5.74, 6) is -3.40. The molecule has 1 aromatic carbocycles. The molecule has 142 valence electrons. The van der Waals surface area contributed by atoms with Crippen LogP contribution in [0.4, 0.5) is 23.2 Å². The molecule has 1 heterocycles. The first-order valence-corrected chi connectivity index (χ1v) is 7.73. The number of hydrogen-bond acceptors (Lipinski definition) is 6. The van der Waals surface area contributed by atoms with E-state index in [2.05, 4.69) is 25.4 Å². The summed E-state index contributed by atoms with van der Waals surface area (Å²) >= 11 is 2.73. The zero-order valence-electron chi connectivity index (χ0n) is 13.4. The van der Waals surface area contributed by atoms with Crippen LogP contribution in [-0.4, -0.2) is 39.5 Å². The first-order chi connectivity index (χ1) is 12.1. The molecule has 0 N–H and O–H groups in total. The standard InChI is InChI=1S/C15H12BrF4NO5/c1-24-13(22)7-5-26-6-21(12(7)14(23)25-2)9-4-3-8(17)10(11(9)16)15(18,19)20/h3-4H,5-6H2,1-2H3. The van der Waals surface area contributed by atoms with Gasteiger partial charge in [-0.1, -0.05) is 0 Å². The van der Waals surface area contributed by atoms with Gasteiger partial charge < -0.3 is 19.1 Å². The van der Waals surface area contributed by atoms with Crippen LogP contribution in [0.3, 0.4) is 0 Å². The Kier molecular flexibility index (Phi) is 5.91. The number of hydrogen-bond donors (Lipinski definition) is 0. The summed E-state index contributed by atoms with van der Waals surface area (Å²) < 4.78 is 66.8. The average molecular weight is 442 g/mol. The minimum Gasteiger partial charge on any atom is -0.466 e. The van der Waals surface area contributed by atoms with Gasteiger partial charge in [0.2, 0.25) is 0 Å². The summed E-state index contributed by atoms with van der Waals surface area (Å²) in [5, 5.41) is 0. The van der Waals surface area contributed by atoms with E-state index in [1.54, 1.807) is 0 Å². The number of benzene rings is 1. The first-order valence-electron chi connectivity index (χ1n) is 6.93. The van der Waals surface area contributed by atoms with Gasteiger partial charge in [-0.2, -0.15) is 13.2 Å². The molecule has 0 spiro atoms. The lowest BCUT2D eigenvalue weighted by Crippen LogP contribution is -2.39. The van der Waals surface area contributed by atoms with E-state index in [1.165, 1.54) is 0 Å². The number of halogens is 5. The Hall–Kier alpha value is -2.14. The summed E-state index contributed by atoms with van der Waals surface area (Å²) in [4.78, 5) is 25.0. The fourth-order valence-corrected chi connectivity index (χ4v) is 3.10. The monoisotopic (exact) mass is 441 g/mol. The van der Waals surface area contributed by atoms with Crippen molar-refractivity contribution >= 4 is 33.6 Å². The van der Waals surface area contributed by atoms with Gasteiger partial charge >= 0.3 is 18.1 Å². The van der Waals surface area contributed by atoms with Gasteiger partial charge in [-0.3, -0.25) is 0 Å². The van der Waals surface area contributed by atoms with E-state index in [9.17, 15) is 27.2 Å². The van der Waals surface area contributed by atoms with Gasteiger partial charge in [-0.05, 0) is 28.1 Å². The van der Waals surface area contributed by atoms with Gasteiger partial charge in [0.1, 0.15) is 23.8 Å². The molecule has 1 aliphatic heterocycles. The molecule has 0 atom stereocenters. The second-order valence-electron chi connectivity index (χ2n) is 4.97. The molecular formula is C15H12BrF4NO5. The van der Waals surface area contributed by atoms with E-state index in [0.29, 0.717) is 6.07 Å². The van der Waals surface area contributed by atoms with Crippen molar-refractivity contribution in [3.8, 4) is 0 Å². The Bertz CT molecular complexity index is 778. The third-order valence-corrected chi connectivity index (χ3v) is 4.28. The highest BCUT2D eigenvalue weighted by Crippen LogP contribution is 2.43. The molecular weight excluding hydrogens is 430 g/mol. The van der Waals surface area contributed by atoms with E-state index < -0.39 is 34.0 Å². The van der Waals surface area contributed by atoms with Crippen LogP contribution in [0.1, 0.15) is 5.56 Å². The van der Waals surface area contributed by atoms with Gasteiger partial charge in [-0.15, -0.1) is 0 Å². The fourth-order valence-electron chi connectivity index (χ4n) is 2.34. The van der Waals surface area contributed by atoms with E-state index in [4.69, 9.17) is 4.74 Å². The van der Waals surface area contributed by atoms with Crippen molar-refractivity contribution in [2.24, 2.45) is 0 Å². The van der Waals surface area contributed by atoms with E-state index in [-0.39, 0.29) is 30.3 Å². The van der Waals surface area contributed by atoms with E-state index >= 15 is 0 Å². The Balaban J connectivity index is 2.70. The van der Waals surface area contributed by atoms with Crippen molar-refractivity contribution in [3.63, 3.8) is 0 Å². The van der Waals surface area contributed by atoms with Crippen LogP contribution >= 0.6 is 15.9 Å². The smallest absolute Gasteiger partial charge is 0.420 e. The maximum absolute atomic E-state index is 13.7. The molecule has 2 rings (SSSR count). The largest absolute Gasteiger partial charge is 0.466 e. The van der Waals surface area contributed by atoms with Crippen LogP contribution in [0.5, 0.6) is 0 Å². The quantitative estimate of drug-likeness (QED) is 0.530. The highest BCUT2D eigenvalue weighted by molar-refractivity contribution is 9.10. The molecule has 0 fully saturated rings. The summed E-state index contributed by atoms with van der Waals surface area (Å²) in [6.07, 6.45) is -4.99. The molecule has 1 aromatic rings. The zero-order valence-corrected chi connectivity index (χ0v) is 15.0. The predicted molar refractivity (Wildman–Crippen MR) is 83.5 cm³/mol. The van der Waals surface area contributed by atoms with Crippen LogP contribution in [0.25, 0.3) is 0 Å². The minimum atomic E-state index is -4.99. The third-order valence-electron chi connectivity index (χ3n) is 3.48. The third kappa shape index (κ3) is 3.68. The number of carbonyl (C=O) groups excluding carboxylic acids is 2. The second-order valence-corrected chi connectivity index (χ2v) is 5.76. The summed E-state index contributed by atoms with van der Waals surface area (Å²) in [6, 6.07) is 1.62. The van der Waals surface area contributed by atoms with Crippen molar-refractivity contribution in [1.29, 1.82) is 0 Å². The lowest BCUT2D eigenvalue weighted by Gasteiger charge is -2.32. The number of esters is 2. The predicted octanol–water partition coefficient (Wildman–Crippen LogP) is 3.00. The van der Waals surface area contributed by atoms with Gasteiger partial charge in [0.25, 0.3) is 0 Å². The Morgan fingerprint density at radius 1 is 1.19 bits per heavy atom. The summed E-state index contributed by atoms with van der Waals surface area (Å²) in [6.45, 7) is -0.676. The highest BCUT2D eigenvalue weighted by atomic mass is 79.9. The molecule has 11 heteroatoms. The Labute approximate surface area is 153 Å². The van der Waals surface area contributed by atoms with Gasteiger partial charge in [0.15, 0.2) is 0 Å². The molecule has 0 amide bonds. The highest BCUT2D eigenvalue weighted by Gasteiger charge is 2.40. The fraction of sp³-hybridized carbons (Fsp3) is 0.333. The molecule has 0 saturated heterocycles. The van der Waals surface area contributed by atoms with Gasteiger partial charge in [-0.25, -0.2) is 14.0 Å². The molecule has 26 heavy (non-hydrogen) atoms. The van der Waals surface area contributed by atoms with Gasteiger partial charge in [0, 0.05) is 0 Å². The average Bonchev–Trinajstić information content (AvgIpc) is 2.58. The van der Waals surface area contributed by atoms with E-state index in [1.807, 2.05) is 0 Å². The molecule has 0 aliphatic carbocycles. The summed E-state index contributed by atoms with van der Waals surface area (Å²) in [7, 11) is 2.11. The number of methoxy groups -OCH3 is 2. The zero-order chi connectivity index (χ0) is 19.6. The maximum Gasteiger partial charge on any atom is 0.420 e. The topological polar surface area (TPSA) is 65.1 Å². The SMILES string of the molecule is COC(=O)C1=C(C(=O)OC)N(c2ccc(F)c(C(F)(F)F)c2Br)COC1. The molecule has 0 saturated carbocycles. The number of ether oxygens (including phenoxy) is 3. The van der Waals surface area contributed by atoms with Crippen LogP contribution in [0.2, 0.25) is 0 Å². The molecule has 0 radical (unpaired) electrons. The second kappa shape index (κ2) is 7.62. The van der Waals surface area contributed by atoms with Crippen molar-refractivity contribution in [1.82, 2.24) is 0 Å². The van der Waals surface area contributed by atoms with Crippen molar-refractivity contribution in [2.45, 2.75) is 6.18 Å². The lowest BCUT2D eigenvalue weighted by molar-refractivity contribution is -0.141. The van der Waals surface area contributed by atoms with Crippen LogP contribution in [0.15, 0.2) is 27.9 Å². The lowest BCUT2D eigenvalue weighted by atomic mass is 10.1. The van der Waals surface area contributed by atoms with Crippen LogP contribution in [0, 0.1) is 5.82 Å². The van der Waals surface area contributed by atoms with Crippen LogP contribution < -0.4 is 4.90 Å². The Morgan fingerprint density at radius 3 is 2.35 bits per heavy atom. The number of alkyl halides is 3. The van der Waals surface area contributed by atoms with Crippen molar-refractivity contribution < 1.29 is 41.4 Å². The molecule has 0 bridgehead atoms. The number of carbonyl (C=O) groups is 2. The maximum atomic E-state index is 13.7. The number of anilines is 1. The van der Waals surface area contributed by atoms with Gasteiger partial charge in [0.05, 0.1) is 36.6 Å². The van der Waals surface area contributed by atoms with Crippen LogP contribution in [-0.2, 0) is 30.0 Å². The minimum absolute atomic E-state index is 0.236. The molecule has 0 unspecified atom stereocenters. The normalized spacial score (nSPS) is 15.1. The molecule has 6 nitrogen and oxygen atoms in total. The van der Waals surface area contributed by atoms with E-state index in [0.717, 1.165) is 25.2 Å². The Morgan fingerprint density at radius 2 is 1.81 bits per heavy atom. The number of rotatable bonds is 3. The first kappa shape index (κ1) is 20.2.